The van der Waals surface area contributed by atoms with Gasteiger partial charge in [-0.2, -0.15) is 0 Å². The fourth-order valence-corrected chi connectivity index (χ4v) is 1.09. The third-order valence-electron chi connectivity index (χ3n) is 1.71. The molecule has 0 fully saturated rings. The van der Waals surface area contributed by atoms with Gasteiger partial charge in [0.1, 0.15) is 11.6 Å². The number of halogens is 2. The second-order valence-electron chi connectivity index (χ2n) is 2.86. The summed E-state index contributed by atoms with van der Waals surface area (Å²) in [4.78, 5) is 0. The topological polar surface area (TPSA) is 29.5 Å². The molecule has 0 atom stereocenters. The van der Waals surface area contributed by atoms with Gasteiger partial charge in [-0.1, -0.05) is 11.6 Å². The summed E-state index contributed by atoms with van der Waals surface area (Å²) in [5.41, 5.74) is 0. The minimum Gasteiger partial charge on any atom is -0.493 e. The van der Waals surface area contributed by atoms with E-state index in [9.17, 15) is 4.39 Å². The van der Waals surface area contributed by atoms with Crippen molar-refractivity contribution in [2.45, 2.75) is 12.8 Å². The van der Waals surface area contributed by atoms with Crippen LogP contribution in [-0.4, -0.2) is 18.3 Å². The third-order valence-corrected chi connectivity index (χ3v) is 2.02. The fraction of sp³-hybridized carbons (Fsp3) is 0.400. The number of hydrogen-bond donors (Lipinski definition) is 1. The van der Waals surface area contributed by atoms with Crippen LogP contribution in [0.25, 0.3) is 0 Å². The van der Waals surface area contributed by atoms with E-state index in [1.54, 1.807) is 6.07 Å². The number of unbranched alkanes of at least 4 members (excludes halogenated alkanes) is 1. The molecule has 1 aromatic rings. The number of rotatable bonds is 5. The van der Waals surface area contributed by atoms with Gasteiger partial charge >= 0.3 is 0 Å². The molecule has 0 aliphatic carbocycles. The van der Waals surface area contributed by atoms with E-state index in [2.05, 4.69) is 0 Å². The molecule has 2 nitrogen and oxygen atoms in total. The van der Waals surface area contributed by atoms with Crippen LogP contribution in [-0.2, 0) is 0 Å². The Morgan fingerprint density at radius 2 is 2.14 bits per heavy atom. The van der Waals surface area contributed by atoms with Gasteiger partial charge in [0.25, 0.3) is 0 Å². The Morgan fingerprint density at radius 1 is 1.36 bits per heavy atom. The molecule has 1 N–H and O–H groups in total. The molecule has 0 aromatic heterocycles. The van der Waals surface area contributed by atoms with Gasteiger partial charge < -0.3 is 9.84 Å². The summed E-state index contributed by atoms with van der Waals surface area (Å²) in [6, 6.07) is 4.32. The van der Waals surface area contributed by atoms with Gasteiger partial charge in [-0.15, -0.1) is 0 Å². The summed E-state index contributed by atoms with van der Waals surface area (Å²) >= 11 is 5.50. The lowest BCUT2D eigenvalue weighted by molar-refractivity contribution is 0.252. The first-order valence-electron chi connectivity index (χ1n) is 4.43. The maximum atomic E-state index is 12.9. The van der Waals surface area contributed by atoms with E-state index >= 15 is 0 Å². The predicted octanol–water partition coefficient (Wildman–Crippen LogP) is 2.63. The highest BCUT2D eigenvalue weighted by molar-refractivity contribution is 6.30. The van der Waals surface area contributed by atoms with Crippen molar-refractivity contribution >= 4 is 11.6 Å². The number of aliphatic hydroxyl groups is 1. The molecule has 1 rings (SSSR count). The Bertz CT molecular complexity index is 291. The summed E-state index contributed by atoms with van der Waals surface area (Å²) in [6.07, 6.45) is 1.44. The molecule has 0 saturated carbocycles. The van der Waals surface area contributed by atoms with Crippen LogP contribution in [0.2, 0.25) is 5.02 Å². The van der Waals surface area contributed by atoms with Crippen LogP contribution >= 0.6 is 11.6 Å². The van der Waals surface area contributed by atoms with Crippen LogP contribution in [0.1, 0.15) is 12.8 Å². The molecule has 0 heterocycles. The monoisotopic (exact) mass is 218 g/mol. The Hall–Kier alpha value is -0.800. The standard InChI is InChI=1S/C10H12ClFO2/c11-9-4-3-8(7-10(9)12)14-6-2-1-5-13/h3-4,7,13H,1-2,5-6H2. The van der Waals surface area contributed by atoms with Crippen LogP contribution in [0, 0.1) is 5.82 Å². The number of benzene rings is 1. The summed E-state index contributed by atoms with van der Waals surface area (Å²) in [5.74, 6) is -0.0174. The van der Waals surface area contributed by atoms with E-state index in [-0.39, 0.29) is 11.6 Å². The molecule has 0 unspecified atom stereocenters. The minimum absolute atomic E-state index is 0.0905. The molecule has 0 amide bonds. The van der Waals surface area contributed by atoms with Crippen molar-refractivity contribution in [1.29, 1.82) is 0 Å². The quantitative estimate of drug-likeness (QED) is 0.770. The average Bonchev–Trinajstić information content (AvgIpc) is 2.18. The molecule has 4 heteroatoms. The van der Waals surface area contributed by atoms with Gasteiger partial charge in [-0.05, 0) is 25.0 Å². The van der Waals surface area contributed by atoms with Gasteiger partial charge in [0, 0.05) is 12.7 Å². The maximum Gasteiger partial charge on any atom is 0.145 e. The molecule has 1 aromatic carbocycles. The van der Waals surface area contributed by atoms with Crippen LogP contribution in [0.4, 0.5) is 4.39 Å². The van der Waals surface area contributed by atoms with Crippen LogP contribution in [0.5, 0.6) is 5.75 Å². The molecule has 0 aliphatic rings. The molecular formula is C10H12ClFO2. The summed E-state index contributed by atoms with van der Waals surface area (Å²) in [6.45, 7) is 0.625. The molecule has 0 spiro atoms. The van der Waals surface area contributed by atoms with Gasteiger partial charge in [-0.3, -0.25) is 0 Å². The second kappa shape index (κ2) is 5.83. The van der Waals surface area contributed by atoms with Crippen molar-refractivity contribution in [3.05, 3.63) is 29.0 Å². The minimum atomic E-state index is -0.480. The van der Waals surface area contributed by atoms with Crippen molar-refractivity contribution in [2.24, 2.45) is 0 Å². The van der Waals surface area contributed by atoms with E-state index in [4.69, 9.17) is 21.4 Å². The Kier molecular flexibility index (Phi) is 4.70. The van der Waals surface area contributed by atoms with E-state index < -0.39 is 5.82 Å². The number of hydrogen-bond acceptors (Lipinski definition) is 2. The van der Waals surface area contributed by atoms with Crippen LogP contribution < -0.4 is 4.74 Å². The van der Waals surface area contributed by atoms with Gasteiger partial charge in [0.05, 0.1) is 11.6 Å². The first-order chi connectivity index (χ1) is 6.74. The lowest BCUT2D eigenvalue weighted by Gasteiger charge is -2.05. The highest BCUT2D eigenvalue weighted by atomic mass is 35.5. The largest absolute Gasteiger partial charge is 0.493 e. The summed E-state index contributed by atoms with van der Waals surface area (Å²) in [5, 5.41) is 8.60. The zero-order valence-electron chi connectivity index (χ0n) is 7.67. The number of aliphatic hydroxyl groups excluding tert-OH is 1. The predicted molar refractivity (Wildman–Crippen MR) is 53.2 cm³/mol. The molecule has 0 saturated heterocycles. The lowest BCUT2D eigenvalue weighted by atomic mass is 10.3. The normalized spacial score (nSPS) is 10.2. The SMILES string of the molecule is OCCCCOc1ccc(Cl)c(F)c1. The van der Waals surface area contributed by atoms with E-state index in [0.29, 0.717) is 18.8 Å². The van der Waals surface area contributed by atoms with Crippen molar-refractivity contribution in [3.63, 3.8) is 0 Å². The van der Waals surface area contributed by atoms with E-state index in [1.807, 2.05) is 0 Å². The highest BCUT2D eigenvalue weighted by Crippen LogP contribution is 2.20. The summed E-state index contributed by atoms with van der Waals surface area (Å²) < 4.78 is 18.1. The summed E-state index contributed by atoms with van der Waals surface area (Å²) in [7, 11) is 0. The van der Waals surface area contributed by atoms with Crippen molar-refractivity contribution in [3.8, 4) is 5.75 Å². The first-order valence-corrected chi connectivity index (χ1v) is 4.80. The Morgan fingerprint density at radius 3 is 2.79 bits per heavy atom. The molecule has 78 valence electrons. The smallest absolute Gasteiger partial charge is 0.145 e. The highest BCUT2D eigenvalue weighted by Gasteiger charge is 2.01. The van der Waals surface area contributed by atoms with Crippen molar-refractivity contribution in [1.82, 2.24) is 0 Å². The molecule has 0 radical (unpaired) electrons. The van der Waals surface area contributed by atoms with E-state index in [0.717, 1.165) is 6.42 Å². The average molecular weight is 219 g/mol. The Labute approximate surface area is 87.3 Å². The lowest BCUT2D eigenvalue weighted by Crippen LogP contribution is -1.98. The maximum absolute atomic E-state index is 12.9. The second-order valence-corrected chi connectivity index (χ2v) is 3.26. The van der Waals surface area contributed by atoms with E-state index in [1.165, 1.54) is 12.1 Å². The zero-order valence-corrected chi connectivity index (χ0v) is 8.43. The van der Waals surface area contributed by atoms with Gasteiger partial charge in [0.2, 0.25) is 0 Å². The molecular weight excluding hydrogens is 207 g/mol. The van der Waals surface area contributed by atoms with Crippen molar-refractivity contribution in [2.75, 3.05) is 13.2 Å². The zero-order chi connectivity index (χ0) is 10.4. The first kappa shape index (κ1) is 11.3. The molecule has 14 heavy (non-hydrogen) atoms. The third kappa shape index (κ3) is 3.52. The Balaban J connectivity index is 2.39. The number of ether oxygens (including phenoxy) is 1. The van der Waals surface area contributed by atoms with Gasteiger partial charge in [-0.25, -0.2) is 4.39 Å². The van der Waals surface area contributed by atoms with Crippen molar-refractivity contribution < 1.29 is 14.2 Å². The van der Waals surface area contributed by atoms with Gasteiger partial charge in [0.15, 0.2) is 0 Å². The molecule has 0 aliphatic heterocycles. The van der Waals surface area contributed by atoms with Crippen LogP contribution in [0.3, 0.4) is 0 Å². The molecule has 0 bridgehead atoms. The fourth-order valence-electron chi connectivity index (χ4n) is 0.971. The van der Waals surface area contributed by atoms with Crippen LogP contribution in [0.15, 0.2) is 18.2 Å².